The highest BCUT2D eigenvalue weighted by Gasteiger charge is 2.28. The lowest BCUT2D eigenvalue weighted by Crippen LogP contribution is -2.50. The van der Waals surface area contributed by atoms with Crippen molar-refractivity contribution in [3.8, 4) is 5.75 Å². The third-order valence-electron chi connectivity index (χ3n) is 4.41. The summed E-state index contributed by atoms with van der Waals surface area (Å²) < 4.78 is 16.9. The molecule has 23 heavy (non-hydrogen) atoms. The summed E-state index contributed by atoms with van der Waals surface area (Å²) >= 11 is 0. The van der Waals surface area contributed by atoms with Gasteiger partial charge in [0.2, 0.25) is 0 Å². The van der Waals surface area contributed by atoms with Crippen LogP contribution in [0.5, 0.6) is 5.75 Å². The van der Waals surface area contributed by atoms with Crippen molar-refractivity contribution in [2.24, 2.45) is 0 Å². The highest BCUT2D eigenvalue weighted by atomic mass is 16.5. The van der Waals surface area contributed by atoms with Gasteiger partial charge in [0.05, 0.1) is 24.9 Å². The monoisotopic (exact) mass is 319 g/mol. The van der Waals surface area contributed by atoms with Gasteiger partial charge in [-0.05, 0) is 44.9 Å². The number of morpholine rings is 1. The first-order valence-electron chi connectivity index (χ1n) is 8.40. The number of amides is 1. The lowest BCUT2D eigenvalue weighted by Gasteiger charge is -2.36. The Morgan fingerprint density at radius 3 is 3.00 bits per heavy atom. The molecule has 3 rings (SSSR count). The number of nitrogens with zero attached hydrogens (tertiary/aromatic N) is 1. The van der Waals surface area contributed by atoms with Crippen LogP contribution in [0.1, 0.15) is 37.0 Å². The van der Waals surface area contributed by atoms with Gasteiger partial charge >= 0.3 is 0 Å². The van der Waals surface area contributed by atoms with Crippen molar-refractivity contribution in [2.45, 2.75) is 44.9 Å². The van der Waals surface area contributed by atoms with Gasteiger partial charge in [-0.25, -0.2) is 0 Å². The summed E-state index contributed by atoms with van der Waals surface area (Å²) in [5.41, 5.74) is 0.663. The van der Waals surface area contributed by atoms with E-state index in [1.54, 1.807) is 0 Å². The Kier molecular flexibility index (Phi) is 5.18. The highest BCUT2D eigenvalue weighted by molar-refractivity contribution is 5.94. The topological polar surface area (TPSA) is 48.0 Å². The van der Waals surface area contributed by atoms with Gasteiger partial charge in [0.15, 0.2) is 0 Å². The molecule has 0 radical (unpaired) electrons. The van der Waals surface area contributed by atoms with Crippen LogP contribution in [0, 0.1) is 0 Å². The fourth-order valence-electron chi connectivity index (χ4n) is 3.04. The smallest absolute Gasteiger partial charge is 0.254 e. The van der Waals surface area contributed by atoms with Crippen LogP contribution in [-0.2, 0) is 9.47 Å². The molecule has 0 N–H and O–H groups in total. The van der Waals surface area contributed by atoms with Crippen molar-refractivity contribution in [3.05, 3.63) is 29.8 Å². The Labute approximate surface area is 137 Å². The maximum atomic E-state index is 12.8. The third-order valence-corrected chi connectivity index (χ3v) is 4.41. The lowest BCUT2D eigenvalue weighted by molar-refractivity contribution is -0.0387. The highest BCUT2D eigenvalue weighted by Crippen LogP contribution is 2.20. The van der Waals surface area contributed by atoms with E-state index in [0.717, 1.165) is 25.2 Å². The first kappa shape index (κ1) is 16.3. The second-order valence-electron chi connectivity index (χ2n) is 6.42. The van der Waals surface area contributed by atoms with Crippen LogP contribution in [0.4, 0.5) is 0 Å². The zero-order valence-electron chi connectivity index (χ0n) is 13.9. The summed E-state index contributed by atoms with van der Waals surface area (Å²) in [6.07, 6.45) is 2.39. The van der Waals surface area contributed by atoms with Gasteiger partial charge in [0.25, 0.3) is 5.91 Å². The second-order valence-corrected chi connectivity index (χ2v) is 6.42. The van der Waals surface area contributed by atoms with E-state index in [0.29, 0.717) is 25.3 Å². The average molecular weight is 319 g/mol. The van der Waals surface area contributed by atoms with E-state index in [-0.39, 0.29) is 24.2 Å². The number of rotatable bonds is 4. The van der Waals surface area contributed by atoms with Crippen molar-refractivity contribution in [3.63, 3.8) is 0 Å². The van der Waals surface area contributed by atoms with Gasteiger partial charge in [-0.1, -0.05) is 6.07 Å². The number of carbonyl (C=O) groups excluding carboxylic acids is 1. The predicted octanol–water partition coefficient (Wildman–Crippen LogP) is 2.49. The Hall–Kier alpha value is -1.59. The van der Waals surface area contributed by atoms with E-state index >= 15 is 0 Å². The van der Waals surface area contributed by atoms with Crippen molar-refractivity contribution in [2.75, 3.05) is 26.4 Å². The fourth-order valence-corrected chi connectivity index (χ4v) is 3.04. The number of hydrogen-bond acceptors (Lipinski definition) is 4. The molecule has 5 heteroatoms. The standard InChI is InChI=1S/C18H25NO4/c1-13-11-22-14(2)10-19(13)18(20)15-5-3-6-16(9-15)23-12-17-7-4-8-21-17/h3,5-6,9,13-14,17H,4,7-8,10-12H2,1-2H3. The Bertz CT molecular complexity index is 542. The molecule has 2 fully saturated rings. The molecule has 2 saturated heterocycles. The van der Waals surface area contributed by atoms with Crippen LogP contribution in [0.25, 0.3) is 0 Å². The molecule has 2 heterocycles. The maximum absolute atomic E-state index is 12.8. The van der Waals surface area contributed by atoms with E-state index in [9.17, 15) is 4.79 Å². The molecular weight excluding hydrogens is 294 g/mol. The normalized spacial score (nSPS) is 27.9. The predicted molar refractivity (Wildman–Crippen MR) is 86.8 cm³/mol. The quantitative estimate of drug-likeness (QED) is 0.855. The first-order valence-corrected chi connectivity index (χ1v) is 8.40. The molecule has 0 aliphatic carbocycles. The van der Waals surface area contributed by atoms with Gasteiger partial charge < -0.3 is 19.1 Å². The van der Waals surface area contributed by atoms with Gasteiger partial charge in [-0.15, -0.1) is 0 Å². The number of carbonyl (C=O) groups is 1. The molecule has 2 aliphatic rings. The molecule has 5 nitrogen and oxygen atoms in total. The maximum Gasteiger partial charge on any atom is 0.254 e. The first-order chi connectivity index (χ1) is 11.1. The summed E-state index contributed by atoms with van der Waals surface area (Å²) in [5.74, 6) is 0.760. The minimum Gasteiger partial charge on any atom is -0.491 e. The van der Waals surface area contributed by atoms with E-state index in [1.165, 1.54) is 0 Å². The Morgan fingerprint density at radius 2 is 2.22 bits per heavy atom. The number of hydrogen-bond donors (Lipinski definition) is 0. The molecule has 0 aromatic heterocycles. The molecule has 0 saturated carbocycles. The lowest BCUT2D eigenvalue weighted by atomic mass is 10.1. The number of ether oxygens (including phenoxy) is 3. The average Bonchev–Trinajstić information content (AvgIpc) is 3.08. The molecule has 2 aliphatic heterocycles. The summed E-state index contributed by atoms with van der Waals surface area (Å²) in [7, 11) is 0. The van der Waals surface area contributed by atoms with Crippen LogP contribution < -0.4 is 4.74 Å². The summed E-state index contributed by atoms with van der Waals surface area (Å²) in [5, 5.41) is 0. The zero-order valence-corrected chi connectivity index (χ0v) is 13.9. The van der Waals surface area contributed by atoms with Crippen LogP contribution in [0.15, 0.2) is 24.3 Å². The fraction of sp³-hybridized carbons (Fsp3) is 0.611. The molecule has 126 valence electrons. The molecule has 3 atom stereocenters. The van der Waals surface area contributed by atoms with Crippen molar-refractivity contribution in [1.82, 2.24) is 4.90 Å². The van der Waals surface area contributed by atoms with E-state index in [1.807, 2.05) is 43.0 Å². The minimum atomic E-state index is 0.0372. The third kappa shape index (κ3) is 4.03. The zero-order chi connectivity index (χ0) is 16.2. The van der Waals surface area contributed by atoms with Gasteiger partial charge in [0, 0.05) is 18.7 Å². The summed E-state index contributed by atoms with van der Waals surface area (Å²) in [4.78, 5) is 14.6. The Balaban J connectivity index is 1.64. The molecule has 0 spiro atoms. The minimum absolute atomic E-state index is 0.0372. The van der Waals surface area contributed by atoms with E-state index in [2.05, 4.69) is 0 Å². The molecule has 0 bridgehead atoms. The molecule has 3 unspecified atom stereocenters. The van der Waals surface area contributed by atoms with Gasteiger partial charge in [-0.3, -0.25) is 4.79 Å². The number of benzene rings is 1. The van der Waals surface area contributed by atoms with E-state index < -0.39 is 0 Å². The van der Waals surface area contributed by atoms with Crippen LogP contribution in [0.3, 0.4) is 0 Å². The summed E-state index contributed by atoms with van der Waals surface area (Å²) in [6.45, 7) is 6.58. The molecule has 1 amide bonds. The Morgan fingerprint density at radius 1 is 1.35 bits per heavy atom. The van der Waals surface area contributed by atoms with E-state index in [4.69, 9.17) is 14.2 Å². The SMILES string of the molecule is CC1CN(C(=O)c2cccc(OCC3CCCO3)c2)C(C)CO1. The van der Waals surface area contributed by atoms with Crippen LogP contribution in [0.2, 0.25) is 0 Å². The molecule has 1 aromatic carbocycles. The van der Waals surface area contributed by atoms with Crippen molar-refractivity contribution < 1.29 is 19.0 Å². The van der Waals surface area contributed by atoms with Crippen molar-refractivity contribution in [1.29, 1.82) is 0 Å². The largest absolute Gasteiger partial charge is 0.491 e. The van der Waals surface area contributed by atoms with Gasteiger partial charge in [-0.2, -0.15) is 0 Å². The van der Waals surface area contributed by atoms with Crippen LogP contribution in [-0.4, -0.2) is 55.4 Å². The van der Waals surface area contributed by atoms with Gasteiger partial charge in [0.1, 0.15) is 12.4 Å². The van der Waals surface area contributed by atoms with Crippen LogP contribution >= 0.6 is 0 Å². The molecular formula is C18H25NO4. The molecule has 1 aromatic rings. The summed E-state index contributed by atoms with van der Waals surface area (Å²) in [6, 6.07) is 7.51. The second kappa shape index (κ2) is 7.32. The van der Waals surface area contributed by atoms with Crippen molar-refractivity contribution >= 4 is 5.91 Å².